The molecule has 170 valence electrons. The van der Waals surface area contributed by atoms with Crippen molar-refractivity contribution < 1.29 is 4.74 Å². The lowest BCUT2D eigenvalue weighted by molar-refractivity contribution is -0.0265. The molecule has 2 atom stereocenters. The Kier molecular flexibility index (Phi) is 9.47. The van der Waals surface area contributed by atoms with Crippen LogP contribution in [0.25, 0.3) is 0 Å². The van der Waals surface area contributed by atoms with Crippen LogP contribution in [0, 0.1) is 12.8 Å². The smallest absolute Gasteiger partial charge is 0.191 e. The van der Waals surface area contributed by atoms with Gasteiger partial charge in [-0.15, -0.1) is 35.3 Å². The number of aliphatic imine (C=N–C) groups is 1. The number of rotatable bonds is 5. The zero-order valence-corrected chi connectivity index (χ0v) is 21.7. The molecular formula is C24H35IN4OS. The predicted octanol–water partition coefficient (Wildman–Crippen LogP) is 4.98. The summed E-state index contributed by atoms with van der Waals surface area (Å²) < 4.78 is 6.17. The first-order valence-corrected chi connectivity index (χ1v) is 12.0. The Morgan fingerprint density at radius 1 is 1.16 bits per heavy atom. The second-order valence-corrected chi connectivity index (χ2v) is 9.34. The van der Waals surface area contributed by atoms with Crippen LogP contribution in [0.2, 0.25) is 0 Å². The Morgan fingerprint density at radius 3 is 2.61 bits per heavy atom. The van der Waals surface area contributed by atoms with E-state index in [0.29, 0.717) is 12.0 Å². The van der Waals surface area contributed by atoms with Crippen molar-refractivity contribution in [1.29, 1.82) is 0 Å². The number of hydrogen-bond donors (Lipinski definition) is 2. The molecule has 2 N–H and O–H groups in total. The van der Waals surface area contributed by atoms with E-state index in [-0.39, 0.29) is 30.1 Å². The molecule has 3 heterocycles. The largest absolute Gasteiger partial charge is 0.373 e. The minimum Gasteiger partial charge on any atom is -0.373 e. The van der Waals surface area contributed by atoms with Crippen LogP contribution in [-0.4, -0.2) is 45.3 Å². The van der Waals surface area contributed by atoms with Crippen molar-refractivity contribution in [3.05, 3.63) is 52.9 Å². The van der Waals surface area contributed by atoms with Gasteiger partial charge < -0.3 is 20.3 Å². The average molecular weight is 555 g/mol. The molecule has 2 aromatic rings. The van der Waals surface area contributed by atoms with E-state index in [0.717, 1.165) is 51.5 Å². The molecule has 2 aliphatic rings. The van der Waals surface area contributed by atoms with E-state index in [4.69, 9.17) is 4.74 Å². The van der Waals surface area contributed by atoms with E-state index < -0.39 is 0 Å². The summed E-state index contributed by atoms with van der Waals surface area (Å²) in [5.41, 5.74) is 2.58. The lowest BCUT2D eigenvalue weighted by Gasteiger charge is -2.35. The highest BCUT2D eigenvalue weighted by Crippen LogP contribution is 2.33. The molecule has 0 amide bonds. The Bertz CT molecular complexity index is 803. The summed E-state index contributed by atoms with van der Waals surface area (Å²) in [6.45, 7) is 6.06. The van der Waals surface area contributed by atoms with Crippen LogP contribution >= 0.6 is 35.3 Å². The molecule has 2 saturated heterocycles. The van der Waals surface area contributed by atoms with Crippen LogP contribution in [0.4, 0.5) is 5.00 Å². The summed E-state index contributed by atoms with van der Waals surface area (Å²) in [6, 6.07) is 13.6. The number of benzene rings is 1. The van der Waals surface area contributed by atoms with Crippen molar-refractivity contribution >= 4 is 46.3 Å². The lowest BCUT2D eigenvalue weighted by atomic mass is 9.89. The van der Waals surface area contributed by atoms with Crippen LogP contribution in [0.1, 0.15) is 42.9 Å². The number of nitrogens with zero attached hydrogens (tertiary/aromatic N) is 2. The summed E-state index contributed by atoms with van der Waals surface area (Å²) in [6.07, 6.45) is 4.75. The third-order valence-electron chi connectivity index (χ3n) is 6.26. The maximum atomic E-state index is 6.17. The number of thiophene rings is 1. The van der Waals surface area contributed by atoms with Crippen molar-refractivity contribution in [3.63, 3.8) is 0 Å². The van der Waals surface area contributed by atoms with E-state index in [9.17, 15) is 0 Å². The predicted molar refractivity (Wildman–Crippen MR) is 142 cm³/mol. The number of hydrogen-bond acceptors (Lipinski definition) is 4. The molecule has 7 heteroatoms. The van der Waals surface area contributed by atoms with Gasteiger partial charge in [-0.1, -0.05) is 29.8 Å². The van der Waals surface area contributed by atoms with Crippen molar-refractivity contribution in [3.8, 4) is 0 Å². The lowest BCUT2D eigenvalue weighted by Crippen LogP contribution is -2.49. The molecule has 2 fully saturated rings. The topological polar surface area (TPSA) is 48.9 Å². The first-order chi connectivity index (χ1) is 14.7. The molecule has 2 aliphatic heterocycles. The minimum atomic E-state index is 0. The number of ether oxygens (including phenoxy) is 1. The normalized spacial score (nSPS) is 22.6. The second-order valence-electron chi connectivity index (χ2n) is 8.41. The van der Waals surface area contributed by atoms with Crippen LogP contribution in [0.5, 0.6) is 0 Å². The van der Waals surface area contributed by atoms with E-state index in [1.54, 1.807) is 0 Å². The molecule has 31 heavy (non-hydrogen) atoms. The summed E-state index contributed by atoms with van der Waals surface area (Å²) in [4.78, 5) is 6.98. The van der Waals surface area contributed by atoms with Gasteiger partial charge in [0.2, 0.25) is 0 Å². The quantitative estimate of drug-likeness (QED) is 0.311. The van der Waals surface area contributed by atoms with Gasteiger partial charge in [0.15, 0.2) is 5.96 Å². The number of nitrogens with one attached hydrogen (secondary N) is 2. The number of halogens is 1. The third-order valence-corrected chi connectivity index (χ3v) is 7.19. The fraction of sp³-hybridized carbons (Fsp3) is 0.542. The Morgan fingerprint density at radius 2 is 1.94 bits per heavy atom. The van der Waals surface area contributed by atoms with Gasteiger partial charge in [0.05, 0.1) is 11.1 Å². The van der Waals surface area contributed by atoms with Gasteiger partial charge in [-0.05, 0) is 55.7 Å². The van der Waals surface area contributed by atoms with Gasteiger partial charge in [0.25, 0.3) is 0 Å². The summed E-state index contributed by atoms with van der Waals surface area (Å²) >= 11 is 1.83. The molecule has 4 rings (SSSR count). The van der Waals surface area contributed by atoms with E-state index in [2.05, 4.69) is 69.2 Å². The molecule has 2 unspecified atom stereocenters. The van der Waals surface area contributed by atoms with Crippen LogP contribution in [0.3, 0.4) is 0 Å². The number of anilines is 1. The number of piperidine rings is 1. The Hall–Kier alpha value is -1.32. The molecule has 0 aliphatic carbocycles. The monoisotopic (exact) mass is 554 g/mol. The van der Waals surface area contributed by atoms with Crippen molar-refractivity contribution in [2.45, 2.75) is 44.8 Å². The molecule has 1 aromatic carbocycles. The van der Waals surface area contributed by atoms with Crippen LogP contribution in [-0.2, 0) is 4.74 Å². The van der Waals surface area contributed by atoms with Gasteiger partial charge in [-0.3, -0.25) is 4.99 Å². The van der Waals surface area contributed by atoms with Gasteiger partial charge in [-0.2, -0.15) is 0 Å². The van der Waals surface area contributed by atoms with Crippen LogP contribution in [0.15, 0.2) is 46.8 Å². The number of aryl methyl sites for hydroxylation is 1. The SMILES string of the molecule is CN=C(NCC1CCCOC1c1ccc(C)cc1)NC1CCN(c2cccs2)CC1.I. The highest BCUT2D eigenvalue weighted by atomic mass is 127. The molecule has 0 spiro atoms. The highest BCUT2D eigenvalue weighted by Gasteiger charge is 2.28. The van der Waals surface area contributed by atoms with Crippen molar-refractivity contribution in [2.75, 3.05) is 38.2 Å². The molecule has 5 nitrogen and oxygen atoms in total. The van der Waals surface area contributed by atoms with Crippen molar-refractivity contribution in [2.24, 2.45) is 10.9 Å². The molecular weight excluding hydrogens is 519 g/mol. The zero-order valence-electron chi connectivity index (χ0n) is 18.5. The molecule has 0 saturated carbocycles. The summed E-state index contributed by atoms with van der Waals surface area (Å²) in [5, 5.41) is 10.8. The Labute approximate surface area is 207 Å². The first kappa shape index (κ1) is 24.3. The fourth-order valence-corrected chi connectivity index (χ4v) is 5.27. The number of guanidine groups is 1. The van der Waals surface area contributed by atoms with Gasteiger partial charge in [-0.25, -0.2) is 0 Å². The first-order valence-electron chi connectivity index (χ1n) is 11.2. The molecule has 0 bridgehead atoms. The minimum absolute atomic E-state index is 0. The van der Waals surface area contributed by atoms with Crippen LogP contribution < -0.4 is 15.5 Å². The van der Waals surface area contributed by atoms with Gasteiger partial charge in [0, 0.05) is 45.2 Å². The Balaban J connectivity index is 0.00000272. The fourth-order valence-electron chi connectivity index (χ4n) is 4.49. The maximum Gasteiger partial charge on any atom is 0.191 e. The standard InChI is InChI=1S/C24H34N4OS.HI/c1-18-7-9-19(10-8-18)23-20(5-3-15-29-23)17-26-24(25-2)27-21-11-13-28(14-12-21)22-6-4-16-30-22;/h4,6-10,16,20-21,23H,3,5,11-15,17H2,1-2H3,(H2,25,26,27);1H. The van der Waals surface area contributed by atoms with E-state index in [1.165, 1.54) is 22.5 Å². The highest BCUT2D eigenvalue weighted by molar-refractivity contribution is 14.0. The summed E-state index contributed by atoms with van der Waals surface area (Å²) in [5.74, 6) is 1.37. The second kappa shape index (κ2) is 12.1. The summed E-state index contributed by atoms with van der Waals surface area (Å²) in [7, 11) is 1.87. The van der Waals surface area contributed by atoms with E-state index >= 15 is 0 Å². The zero-order chi connectivity index (χ0) is 20.8. The van der Waals surface area contributed by atoms with Gasteiger partial charge >= 0.3 is 0 Å². The molecule has 0 radical (unpaired) electrons. The van der Waals surface area contributed by atoms with E-state index in [1.807, 2.05) is 18.4 Å². The maximum absolute atomic E-state index is 6.17. The van der Waals surface area contributed by atoms with Gasteiger partial charge in [0.1, 0.15) is 0 Å². The molecule has 1 aromatic heterocycles. The van der Waals surface area contributed by atoms with Crippen molar-refractivity contribution in [1.82, 2.24) is 10.6 Å². The average Bonchev–Trinajstić information content (AvgIpc) is 3.33. The third kappa shape index (κ3) is 6.58.